The molecule has 0 atom stereocenters. The van der Waals surface area contributed by atoms with Crippen molar-refractivity contribution < 1.29 is 13.2 Å². The van der Waals surface area contributed by atoms with E-state index in [2.05, 4.69) is 15.3 Å². The van der Waals surface area contributed by atoms with E-state index in [-0.39, 0.29) is 16.9 Å². The predicted octanol–water partition coefficient (Wildman–Crippen LogP) is 1.92. The number of primary sulfonamides is 1. The molecule has 0 aliphatic heterocycles. The predicted molar refractivity (Wildman–Crippen MR) is 105 cm³/mol. The standard InChI is InChI=1S/C18H15ClN4O4S/c19-13-3-1-11(2-4-13)17-21-10-12(18(25)23-17)9-16(24)22-14-5-7-15(8-6-14)28(20,26)27/h1-8,10H,9H2,(H,22,24)(H2,20,26,27)(H,21,23,25). The lowest BCUT2D eigenvalue weighted by molar-refractivity contribution is -0.115. The van der Waals surface area contributed by atoms with Gasteiger partial charge in [-0.15, -0.1) is 0 Å². The summed E-state index contributed by atoms with van der Waals surface area (Å²) < 4.78 is 22.5. The van der Waals surface area contributed by atoms with E-state index in [9.17, 15) is 18.0 Å². The third-order valence-corrected chi connectivity index (χ3v) is 4.99. The highest BCUT2D eigenvalue weighted by Crippen LogP contribution is 2.17. The minimum atomic E-state index is -3.81. The first-order valence-corrected chi connectivity index (χ1v) is 9.91. The molecular formula is C18H15ClN4O4S. The molecule has 1 aromatic heterocycles. The average molecular weight is 419 g/mol. The highest BCUT2D eigenvalue weighted by atomic mass is 35.5. The van der Waals surface area contributed by atoms with Gasteiger partial charge in [0.05, 0.1) is 11.3 Å². The number of aromatic amines is 1. The SMILES string of the molecule is NS(=O)(=O)c1ccc(NC(=O)Cc2cnc(-c3ccc(Cl)cc3)[nH]c2=O)cc1. The zero-order valence-electron chi connectivity index (χ0n) is 14.3. The number of H-pyrrole nitrogens is 1. The minimum absolute atomic E-state index is 0.0658. The molecule has 0 saturated carbocycles. The van der Waals surface area contributed by atoms with Crippen LogP contribution in [-0.2, 0) is 21.2 Å². The van der Waals surface area contributed by atoms with Gasteiger partial charge in [-0.1, -0.05) is 11.6 Å². The summed E-state index contributed by atoms with van der Waals surface area (Å²) in [7, 11) is -3.81. The largest absolute Gasteiger partial charge is 0.326 e. The summed E-state index contributed by atoms with van der Waals surface area (Å²) in [6.45, 7) is 0. The molecule has 1 heterocycles. The molecule has 28 heavy (non-hydrogen) atoms. The van der Waals surface area contributed by atoms with Crippen LogP contribution < -0.4 is 16.0 Å². The topological polar surface area (TPSA) is 135 Å². The number of aromatic nitrogens is 2. The fourth-order valence-electron chi connectivity index (χ4n) is 2.41. The Morgan fingerprint density at radius 2 is 1.75 bits per heavy atom. The van der Waals surface area contributed by atoms with Crippen molar-refractivity contribution in [2.75, 3.05) is 5.32 Å². The van der Waals surface area contributed by atoms with E-state index in [0.29, 0.717) is 22.1 Å². The van der Waals surface area contributed by atoms with E-state index >= 15 is 0 Å². The van der Waals surface area contributed by atoms with E-state index in [0.717, 1.165) is 0 Å². The fourth-order valence-corrected chi connectivity index (χ4v) is 3.05. The maximum atomic E-state index is 12.2. The van der Waals surface area contributed by atoms with Crippen molar-refractivity contribution in [1.82, 2.24) is 9.97 Å². The number of rotatable bonds is 5. The second-order valence-corrected chi connectivity index (χ2v) is 7.89. The van der Waals surface area contributed by atoms with Gasteiger partial charge < -0.3 is 10.3 Å². The number of hydrogen-bond donors (Lipinski definition) is 3. The lowest BCUT2D eigenvalue weighted by atomic mass is 10.2. The van der Waals surface area contributed by atoms with Gasteiger partial charge in [-0.3, -0.25) is 9.59 Å². The third-order valence-electron chi connectivity index (χ3n) is 3.81. The number of anilines is 1. The Bertz CT molecular complexity index is 1170. The Labute approximate surface area is 165 Å². The third kappa shape index (κ3) is 4.83. The first-order valence-electron chi connectivity index (χ1n) is 7.99. The Balaban J connectivity index is 1.70. The summed E-state index contributed by atoms with van der Waals surface area (Å²) >= 11 is 5.84. The molecule has 0 fully saturated rings. The molecule has 0 radical (unpaired) electrons. The summed E-state index contributed by atoms with van der Waals surface area (Å²) in [5, 5.41) is 8.17. The van der Waals surface area contributed by atoms with Gasteiger partial charge in [0.2, 0.25) is 15.9 Å². The first-order chi connectivity index (χ1) is 13.2. The van der Waals surface area contributed by atoms with Crippen molar-refractivity contribution >= 4 is 33.2 Å². The highest BCUT2D eigenvalue weighted by molar-refractivity contribution is 7.89. The lowest BCUT2D eigenvalue weighted by Crippen LogP contribution is -2.22. The number of nitrogens with two attached hydrogens (primary N) is 1. The van der Waals surface area contributed by atoms with E-state index in [4.69, 9.17) is 16.7 Å². The summed E-state index contributed by atoms with van der Waals surface area (Å²) in [5.41, 5.74) is 0.822. The Hall–Kier alpha value is -3.01. The number of carbonyl (C=O) groups excluding carboxylic acids is 1. The second-order valence-electron chi connectivity index (χ2n) is 5.89. The fraction of sp³-hybridized carbons (Fsp3) is 0.0556. The number of benzene rings is 2. The molecule has 3 aromatic rings. The van der Waals surface area contributed by atoms with Crippen molar-refractivity contribution in [3.05, 3.63) is 75.7 Å². The van der Waals surface area contributed by atoms with Crippen LogP contribution in [0.25, 0.3) is 11.4 Å². The van der Waals surface area contributed by atoms with Gasteiger partial charge in [-0.25, -0.2) is 18.5 Å². The van der Waals surface area contributed by atoms with Crippen molar-refractivity contribution in [2.45, 2.75) is 11.3 Å². The summed E-state index contributed by atoms with van der Waals surface area (Å²) in [5.74, 6) is -0.0840. The van der Waals surface area contributed by atoms with Gasteiger partial charge in [0, 0.05) is 28.0 Å². The molecule has 3 rings (SSSR count). The number of hydrogen-bond acceptors (Lipinski definition) is 5. The molecular weight excluding hydrogens is 404 g/mol. The van der Waals surface area contributed by atoms with Crippen LogP contribution in [0.4, 0.5) is 5.69 Å². The van der Waals surface area contributed by atoms with Gasteiger partial charge in [-0.2, -0.15) is 0 Å². The Morgan fingerprint density at radius 1 is 1.11 bits per heavy atom. The number of halogens is 1. The summed E-state index contributed by atoms with van der Waals surface area (Å²) in [6, 6.07) is 12.2. The van der Waals surface area contributed by atoms with Gasteiger partial charge in [0.25, 0.3) is 5.56 Å². The zero-order valence-corrected chi connectivity index (χ0v) is 15.9. The lowest BCUT2D eigenvalue weighted by Gasteiger charge is -2.07. The van der Waals surface area contributed by atoms with E-state index < -0.39 is 21.5 Å². The second kappa shape index (κ2) is 7.93. The number of nitrogens with zero attached hydrogens (tertiary/aromatic N) is 1. The van der Waals surface area contributed by atoms with Gasteiger partial charge >= 0.3 is 0 Å². The van der Waals surface area contributed by atoms with E-state index in [1.54, 1.807) is 24.3 Å². The van der Waals surface area contributed by atoms with Crippen molar-refractivity contribution in [2.24, 2.45) is 5.14 Å². The number of amides is 1. The molecule has 0 aliphatic rings. The van der Waals surface area contributed by atoms with E-state index in [1.165, 1.54) is 30.5 Å². The van der Waals surface area contributed by atoms with Crippen LogP contribution in [-0.4, -0.2) is 24.3 Å². The maximum Gasteiger partial charge on any atom is 0.254 e. The van der Waals surface area contributed by atoms with Gasteiger partial charge in [0.15, 0.2) is 0 Å². The molecule has 10 heteroatoms. The van der Waals surface area contributed by atoms with Crippen LogP contribution >= 0.6 is 11.6 Å². The molecule has 0 unspecified atom stereocenters. The molecule has 144 valence electrons. The van der Waals surface area contributed by atoms with Crippen LogP contribution in [0.15, 0.2) is 64.4 Å². The zero-order chi connectivity index (χ0) is 20.3. The van der Waals surface area contributed by atoms with Crippen molar-refractivity contribution in [3.8, 4) is 11.4 Å². The Morgan fingerprint density at radius 3 is 2.32 bits per heavy atom. The number of nitrogens with one attached hydrogen (secondary N) is 2. The first kappa shape index (κ1) is 19.7. The van der Waals surface area contributed by atoms with Gasteiger partial charge in [-0.05, 0) is 48.5 Å². The monoisotopic (exact) mass is 418 g/mol. The van der Waals surface area contributed by atoms with Gasteiger partial charge in [0.1, 0.15) is 5.82 Å². The van der Waals surface area contributed by atoms with E-state index in [1.807, 2.05) is 0 Å². The smallest absolute Gasteiger partial charge is 0.254 e. The van der Waals surface area contributed by atoms with Crippen LogP contribution in [0.5, 0.6) is 0 Å². The quantitative estimate of drug-likeness (QED) is 0.581. The number of sulfonamides is 1. The summed E-state index contributed by atoms with van der Waals surface area (Å²) in [6.07, 6.45) is 1.15. The van der Waals surface area contributed by atoms with Crippen molar-refractivity contribution in [1.29, 1.82) is 0 Å². The minimum Gasteiger partial charge on any atom is -0.326 e. The van der Waals surface area contributed by atoms with Crippen LogP contribution in [0.1, 0.15) is 5.56 Å². The Kier molecular flexibility index (Phi) is 5.59. The molecule has 0 aliphatic carbocycles. The highest BCUT2D eigenvalue weighted by Gasteiger charge is 2.11. The molecule has 2 aromatic carbocycles. The van der Waals surface area contributed by atoms with Crippen molar-refractivity contribution in [3.63, 3.8) is 0 Å². The van der Waals surface area contributed by atoms with Crippen LogP contribution in [0.2, 0.25) is 5.02 Å². The molecule has 4 N–H and O–H groups in total. The van der Waals surface area contributed by atoms with Crippen LogP contribution in [0, 0.1) is 0 Å². The maximum absolute atomic E-state index is 12.2. The molecule has 8 nitrogen and oxygen atoms in total. The average Bonchev–Trinajstić information content (AvgIpc) is 2.64. The van der Waals surface area contributed by atoms with Crippen LogP contribution in [0.3, 0.4) is 0 Å². The number of carbonyl (C=O) groups is 1. The summed E-state index contributed by atoms with van der Waals surface area (Å²) in [4.78, 5) is 31.1. The normalized spacial score (nSPS) is 11.2. The molecule has 0 spiro atoms. The molecule has 0 bridgehead atoms. The molecule has 0 saturated heterocycles. The molecule has 1 amide bonds.